The normalized spacial score (nSPS) is 9.06. The Labute approximate surface area is 105 Å². The second-order valence-corrected chi connectivity index (χ2v) is 2.77. The molecule has 0 aliphatic heterocycles. The molecule has 0 amide bonds. The Kier molecular flexibility index (Phi) is 6.64. The van der Waals surface area contributed by atoms with E-state index in [1.54, 1.807) is 6.20 Å². The molecule has 7 heteroatoms. The van der Waals surface area contributed by atoms with Gasteiger partial charge in [-0.2, -0.15) is 4.98 Å². The van der Waals surface area contributed by atoms with E-state index in [1.807, 2.05) is 18.2 Å². The lowest BCUT2D eigenvalue weighted by atomic mass is 10.3. The van der Waals surface area contributed by atoms with Gasteiger partial charge in [0, 0.05) is 19.2 Å². The van der Waals surface area contributed by atoms with E-state index in [0.717, 1.165) is 0 Å². The largest absolute Gasteiger partial charge is 0.339 e. The maximum absolute atomic E-state index is 5.37. The summed E-state index contributed by atoms with van der Waals surface area (Å²) in [7, 11) is 0. The van der Waals surface area contributed by atoms with Crippen molar-refractivity contribution in [1.29, 1.82) is 0 Å². The van der Waals surface area contributed by atoms with E-state index >= 15 is 0 Å². The van der Waals surface area contributed by atoms with E-state index < -0.39 is 0 Å². The smallest absolute Gasteiger partial charge is 0.228 e. The van der Waals surface area contributed by atoms with Crippen LogP contribution in [0.25, 0.3) is 11.5 Å². The number of aromatic nitrogens is 3. The standard InChI is InChI=1S/C9H10N4O.2ClH/c10-5-4-8-12-9(13-14-8)7-3-1-2-6-11-7;;/h1-3,6H,4-5,10H2;2*1H. The highest BCUT2D eigenvalue weighted by Crippen LogP contribution is 2.11. The average Bonchev–Trinajstić information content (AvgIpc) is 2.68. The van der Waals surface area contributed by atoms with Crippen LogP contribution in [0.15, 0.2) is 28.9 Å². The van der Waals surface area contributed by atoms with Crippen molar-refractivity contribution in [2.75, 3.05) is 6.54 Å². The zero-order chi connectivity index (χ0) is 9.80. The molecule has 0 radical (unpaired) electrons. The highest BCUT2D eigenvalue weighted by Gasteiger charge is 2.07. The molecule has 0 aliphatic rings. The summed E-state index contributed by atoms with van der Waals surface area (Å²) in [5, 5.41) is 3.80. The number of rotatable bonds is 3. The van der Waals surface area contributed by atoms with Gasteiger partial charge in [-0.05, 0) is 12.1 Å². The summed E-state index contributed by atoms with van der Waals surface area (Å²) < 4.78 is 4.98. The average molecular weight is 263 g/mol. The van der Waals surface area contributed by atoms with Crippen LogP contribution >= 0.6 is 24.8 Å². The summed E-state index contributed by atoms with van der Waals surface area (Å²) in [6.45, 7) is 0.504. The number of halogens is 2. The van der Waals surface area contributed by atoms with Crippen LogP contribution in [0.5, 0.6) is 0 Å². The molecule has 0 spiro atoms. The van der Waals surface area contributed by atoms with Gasteiger partial charge in [-0.15, -0.1) is 24.8 Å². The third kappa shape index (κ3) is 3.44. The molecule has 0 aliphatic carbocycles. The summed E-state index contributed by atoms with van der Waals surface area (Å²) in [6.07, 6.45) is 2.29. The highest BCUT2D eigenvalue weighted by atomic mass is 35.5. The number of nitrogens with two attached hydrogens (primary N) is 1. The van der Waals surface area contributed by atoms with Gasteiger partial charge in [0.05, 0.1) is 0 Å². The Morgan fingerprint density at radius 3 is 2.69 bits per heavy atom. The minimum absolute atomic E-state index is 0. The van der Waals surface area contributed by atoms with E-state index in [4.69, 9.17) is 10.3 Å². The molecule has 0 fully saturated rings. The second-order valence-electron chi connectivity index (χ2n) is 2.77. The van der Waals surface area contributed by atoms with Crippen molar-refractivity contribution in [1.82, 2.24) is 15.1 Å². The first kappa shape index (κ1) is 14.8. The fourth-order valence-electron chi connectivity index (χ4n) is 1.08. The Balaban J connectivity index is 0.00000112. The molecule has 0 saturated heterocycles. The van der Waals surface area contributed by atoms with Crippen molar-refractivity contribution in [2.24, 2.45) is 5.73 Å². The topological polar surface area (TPSA) is 77.8 Å². The van der Waals surface area contributed by atoms with Crippen LogP contribution in [0, 0.1) is 0 Å². The number of hydrogen-bond donors (Lipinski definition) is 1. The Bertz CT molecular complexity index is 407. The van der Waals surface area contributed by atoms with Crippen LogP contribution in [0.3, 0.4) is 0 Å². The van der Waals surface area contributed by atoms with E-state index in [2.05, 4.69) is 15.1 Å². The Morgan fingerprint density at radius 2 is 2.06 bits per heavy atom. The van der Waals surface area contributed by atoms with Gasteiger partial charge in [-0.3, -0.25) is 4.98 Å². The lowest BCUT2D eigenvalue weighted by molar-refractivity contribution is 0.380. The summed E-state index contributed by atoms with van der Waals surface area (Å²) in [4.78, 5) is 8.26. The van der Waals surface area contributed by atoms with Crippen LogP contribution in [0.4, 0.5) is 0 Å². The molecule has 5 nitrogen and oxygen atoms in total. The van der Waals surface area contributed by atoms with Gasteiger partial charge in [0.1, 0.15) is 5.69 Å². The minimum atomic E-state index is 0. The fraction of sp³-hybridized carbons (Fsp3) is 0.222. The van der Waals surface area contributed by atoms with Crippen LogP contribution < -0.4 is 5.73 Å². The fourth-order valence-corrected chi connectivity index (χ4v) is 1.08. The van der Waals surface area contributed by atoms with E-state index in [-0.39, 0.29) is 24.8 Å². The summed E-state index contributed by atoms with van der Waals surface area (Å²) in [5.41, 5.74) is 6.07. The lowest BCUT2D eigenvalue weighted by Gasteiger charge is -1.89. The first-order valence-electron chi connectivity index (χ1n) is 4.34. The third-order valence-corrected chi connectivity index (χ3v) is 1.72. The Hall–Kier alpha value is -1.17. The molecule has 0 bridgehead atoms. The zero-order valence-corrected chi connectivity index (χ0v) is 10.0. The summed E-state index contributed by atoms with van der Waals surface area (Å²) in [5.74, 6) is 1.06. The van der Waals surface area contributed by atoms with Crippen molar-refractivity contribution in [3.63, 3.8) is 0 Å². The lowest BCUT2D eigenvalue weighted by Crippen LogP contribution is -2.02. The van der Waals surface area contributed by atoms with Crippen molar-refractivity contribution in [3.8, 4) is 11.5 Å². The van der Waals surface area contributed by atoms with Crippen molar-refractivity contribution >= 4 is 24.8 Å². The minimum Gasteiger partial charge on any atom is -0.339 e. The molecule has 16 heavy (non-hydrogen) atoms. The molecule has 2 aromatic rings. The molecule has 2 aromatic heterocycles. The van der Waals surface area contributed by atoms with Crippen molar-refractivity contribution in [2.45, 2.75) is 6.42 Å². The number of pyridine rings is 1. The second kappa shape index (κ2) is 7.16. The predicted molar refractivity (Wildman–Crippen MR) is 64.8 cm³/mol. The van der Waals surface area contributed by atoms with Crippen LogP contribution in [-0.2, 0) is 6.42 Å². The first-order chi connectivity index (χ1) is 6.90. The number of hydrogen-bond acceptors (Lipinski definition) is 5. The van der Waals surface area contributed by atoms with Gasteiger partial charge in [0.25, 0.3) is 0 Å². The summed E-state index contributed by atoms with van der Waals surface area (Å²) in [6, 6.07) is 5.54. The quantitative estimate of drug-likeness (QED) is 0.907. The molecule has 2 heterocycles. The van der Waals surface area contributed by atoms with Gasteiger partial charge in [-0.1, -0.05) is 11.2 Å². The van der Waals surface area contributed by atoms with Crippen LogP contribution in [0.2, 0.25) is 0 Å². The maximum atomic E-state index is 5.37. The van der Waals surface area contributed by atoms with Crippen molar-refractivity contribution in [3.05, 3.63) is 30.3 Å². The highest BCUT2D eigenvalue weighted by molar-refractivity contribution is 5.85. The Morgan fingerprint density at radius 1 is 1.25 bits per heavy atom. The van der Waals surface area contributed by atoms with Gasteiger partial charge in [0.15, 0.2) is 0 Å². The van der Waals surface area contributed by atoms with E-state index in [0.29, 0.717) is 30.4 Å². The van der Waals surface area contributed by atoms with E-state index in [9.17, 15) is 0 Å². The molecule has 0 saturated carbocycles. The van der Waals surface area contributed by atoms with Gasteiger partial charge in [-0.25, -0.2) is 0 Å². The van der Waals surface area contributed by atoms with Crippen molar-refractivity contribution < 1.29 is 4.52 Å². The maximum Gasteiger partial charge on any atom is 0.228 e. The predicted octanol–water partition coefficient (Wildman–Crippen LogP) is 1.48. The number of nitrogens with zero attached hydrogens (tertiary/aromatic N) is 3. The molecular weight excluding hydrogens is 251 g/mol. The van der Waals surface area contributed by atoms with Gasteiger partial charge < -0.3 is 10.3 Å². The molecule has 0 unspecified atom stereocenters. The molecule has 2 rings (SSSR count). The van der Waals surface area contributed by atoms with Crippen LogP contribution in [-0.4, -0.2) is 21.7 Å². The molecule has 2 N–H and O–H groups in total. The van der Waals surface area contributed by atoms with Crippen LogP contribution in [0.1, 0.15) is 5.89 Å². The first-order valence-corrected chi connectivity index (χ1v) is 4.34. The van der Waals surface area contributed by atoms with Gasteiger partial charge in [0.2, 0.25) is 11.7 Å². The zero-order valence-electron chi connectivity index (χ0n) is 8.37. The third-order valence-electron chi connectivity index (χ3n) is 1.72. The molecular formula is C9H12Cl2N4O. The molecule has 0 atom stereocenters. The van der Waals surface area contributed by atoms with Gasteiger partial charge >= 0.3 is 0 Å². The summed E-state index contributed by atoms with van der Waals surface area (Å²) >= 11 is 0. The monoisotopic (exact) mass is 262 g/mol. The SMILES string of the molecule is Cl.Cl.NCCc1nc(-c2ccccn2)no1. The molecule has 0 aromatic carbocycles. The van der Waals surface area contributed by atoms with E-state index in [1.165, 1.54) is 0 Å². The molecule has 88 valence electrons.